The van der Waals surface area contributed by atoms with Gasteiger partial charge in [-0.25, -0.2) is 8.42 Å². The van der Waals surface area contributed by atoms with Gasteiger partial charge in [-0.2, -0.15) is 4.31 Å². The quantitative estimate of drug-likeness (QED) is 0.554. The maximum absolute atomic E-state index is 13.0. The second-order valence-corrected chi connectivity index (χ2v) is 8.06. The number of carbonyl (C=O) groups excluding carboxylic acids is 1. The molecule has 2 aromatic carbocycles. The van der Waals surface area contributed by atoms with Crippen LogP contribution in [0.5, 0.6) is 5.75 Å². The van der Waals surface area contributed by atoms with Crippen molar-refractivity contribution < 1.29 is 22.9 Å². The molecule has 1 heterocycles. The normalized spacial score (nSPS) is 15.2. The van der Waals surface area contributed by atoms with Gasteiger partial charge in [-0.05, 0) is 18.2 Å². The molecule has 1 amide bonds. The molecule has 10 heteroatoms. The van der Waals surface area contributed by atoms with Crippen molar-refractivity contribution in [2.75, 3.05) is 33.3 Å². The smallest absolute Gasteiger partial charge is 0.271 e. The third-order valence-corrected chi connectivity index (χ3v) is 6.44. The first-order valence-electron chi connectivity index (χ1n) is 8.51. The molecule has 2 aromatic rings. The summed E-state index contributed by atoms with van der Waals surface area (Å²) in [5.41, 5.74) is 0.205. The van der Waals surface area contributed by atoms with E-state index < -0.39 is 14.9 Å². The van der Waals surface area contributed by atoms with E-state index in [-0.39, 0.29) is 48.4 Å². The lowest BCUT2D eigenvalue weighted by atomic mass is 10.2. The van der Waals surface area contributed by atoms with E-state index in [1.165, 1.54) is 23.5 Å². The van der Waals surface area contributed by atoms with E-state index in [1.54, 1.807) is 29.2 Å². The van der Waals surface area contributed by atoms with Crippen molar-refractivity contribution in [2.45, 2.75) is 4.90 Å². The lowest BCUT2D eigenvalue weighted by Crippen LogP contribution is -2.50. The highest BCUT2D eigenvalue weighted by atomic mass is 32.2. The molecule has 1 aliphatic heterocycles. The van der Waals surface area contributed by atoms with E-state index in [4.69, 9.17) is 4.74 Å². The Hall–Kier alpha value is -2.98. The molecule has 148 valence electrons. The predicted molar refractivity (Wildman–Crippen MR) is 101 cm³/mol. The van der Waals surface area contributed by atoms with Gasteiger partial charge in [-0.15, -0.1) is 0 Å². The first-order chi connectivity index (χ1) is 13.3. The average Bonchev–Trinajstić information content (AvgIpc) is 2.73. The Bertz CT molecular complexity index is 986. The van der Waals surface area contributed by atoms with Gasteiger partial charge >= 0.3 is 0 Å². The number of nitrogens with zero attached hydrogens (tertiary/aromatic N) is 3. The summed E-state index contributed by atoms with van der Waals surface area (Å²) in [6.07, 6.45) is 0. The van der Waals surface area contributed by atoms with E-state index in [0.29, 0.717) is 5.56 Å². The molecule has 0 radical (unpaired) electrons. The lowest BCUT2D eigenvalue weighted by Gasteiger charge is -2.34. The standard InChI is InChI=1S/C18H19N3O6S/c1-27-16-8-7-15(21(23)24)13-17(16)28(25,26)20-11-9-19(10-12-20)18(22)14-5-3-2-4-6-14/h2-8,13H,9-12H2,1H3. The average molecular weight is 405 g/mol. The predicted octanol–water partition coefficient (Wildman–Crippen LogP) is 1.75. The number of non-ortho nitro benzene ring substituents is 1. The Kier molecular flexibility index (Phi) is 5.61. The van der Waals surface area contributed by atoms with Crippen molar-refractivity contribution in [3.63, 3.8) is 0 Å². The molecule has 0 N–H and O–H groups in total. The molecular weight excluding hydrogens is 386 g/mol. The van der Waals surface area contributed by atoms with Crippen LogP contribution >= 0.6 is 0 Å². The van der Waals surface area contributed by atoms with E-state index in [9.17, 15) is 23.3 Å². The monoisotopic (exact) mass is 405 g/mol. The molecule has 0 aromatic heterocycles. The summed E-state index contributed by atoms with van der Waals surface area (Å²) in [5, 5.41) is 11.0. The van der Waals surface area contributed by atoms with Crippen molar-refractivity contribution in [1.82, 2.24) is 9.21 Å². The Labute approximate surface area is 162 Å². The first kappa shape index (κ1) is 19.8. The first-order valence-corrected chi connectivity index (χ1v) is 9.95. The summed E-state index contributed by atoms with van der Waals surface area (Å²) in [7, 11) is -2.71. The molecule has 1 saturated heterocycles. The number of rotatable bonds is 5. The number of piperazine rings is 1. The number of nitro benzene ring substituents is 1. The fraction of sp³-hybridized carbons (Fsp3) is 0.278. The molecule has 0 unspecified atom stereocenters. The van der Waals surface area contributed by atoms with Crippen LogP contribution in [0.4, 0.5) is 5.69 Å². The number of carbonyl (C=O) groups is 1. The van der Waals surface area contributed by atoms with Crippen LogP contribution in [-0.2, 0) is 10.0 Å². The number of nitro groups is 1. The van der Waals surface area contributed by atoms with E-state index in [1.807, 2.05) is 6.07 Å². The van der Waals surface area contributed by atoms with Gasteiger partial charge in [0.05, 0.1) is 12.0 Å². The highest BCUT2D eigenvalue weighted by Crippen LogP contribution is 2.31. The van der Waals surface area contributed by atoms with Crippen LogP contribution in [0.3, 0.4) is 0 Å². The number of amides is 1. The molecule has 0 spiro atoms. The topological polar surface area (TPSA) is 110 Å². The second kappa shape index (κ2) is 7.95. The van der Waals surface area contributed by atoms with Gasteiger partial charge in [0.2, 0.25) is 10.0 Å². The van der Waals surface area contributed by atoms with Crippen LogP contribution in [0.2, 0.25) is 0 Å². The van der Waals surface area contributed by atoms with Gasteiger partial charge < -0.3 is 9.64 Å². The van der Waals surface area contributed by atoms with Gasteiger partial charge in [0.1, 0.15) is 10.6 Å². The van der Waals surface area contributed by atoms with Crippen molar-refractivity contribution in [3.05, 3.63) is 64.2 Å². The summed E-state index contributed by atoms with van der Waals surface area (Å²) >= 11 is 0. The SMILES string of the molecule is COc1ccc([N+](=O)[O-])cc1S(=O)(=O)N1CCN(C(=O)c2ccccc2)CC1. The lowest BCUT2D eigenvalue weighted by molar-refractivity contribution is -0.385. The number of ether oxygens (including phenoxy) is 1. The number of hydrogen-bond donors (Lipinski definition) is 0. The molecule has 28 heavy (non-hydrogen) atoms. The summed E-state index contributed by atoms with van der Waals surface area (Å²) in [5.74, 6) is -0.126. The number of benzene rings is 2. The highest BCUT2D eigenvalue weighted by molar-refractivity contribution is 7.89. The molecule has 1 fully saturated rings. The molecule has 9 nitrogen and oxygen atoms in total. The van der Waals surface area contributed by atoms with Crippen LogP contribution in [0, 0.1) is 10.1 Å². The van der Waals surface area contributed by atoms with E-state index >= 15 is 0 Å². The van der Waals surface area contributed by atoms with Gasteiger partial charge in [0.15, 0.2) is 0 Å². The fourth-order valence-electron chi connectivity index (χ4n) is 3.01. The van der Waals surface area contributed by atoms with Crippen LogP contribution in [0.1, 0.15) is 10.4 Å². The molecule has 0 atom stereocenters. The number of sulfonamides is 1. The van der Waals surface area contributed by atoms with Crippen LogP contribution in [0.15, 0.2) is 53.4 Å². The minimum Gasteiger partial charge on any atom is -0.495 e. The third-order valence-electron chi connectivity index (χ3n) is 4.52. The summed E-state index contributed by atoms with van der Waals surface area (Å²) in [4.78, 5) is 24.2. The van der Waals surface area contributed by atoms with Crippen molar-refractivity contribution in [2.24, 2.45) is 0 Å². The summed E-state index contributed by atoms with van der Waals surface area (Å²) in [6, 6.07) is 12.2. The molecule has 0 bridgehead atoms. The Morgan fingerprint density at radius 2 is 1.71 bits per heavy atom. The minimum absolute atomic E-state index is 0.0355. The zero-order valence-electron chi connectivity index (χ0n) is 15.1. The molecule has 1 aliphatic rings. The molecule has 3 rings (SSSR count). The zero-order chi connectivity index (χ0) is 20.3. The van der Waals surface area contributed by atoms with Gasteiger partial charge in [0, 0.05) is 43.9 Å². The second-order valence-electron chi connectivity index (χ2n) is 6.15. The van der Waals surface area contributed by atoms with Crippen molar-refractivity contribution in [3.8, 4) is 5.75 Å². The van der Waals surface area contributed by atoms with Gasteiger partial charge in [-0.1, -0.05) is 18.2 Å². The Morgan fingerprint density at radius 3 is 2.29 bits per heavy atom. The number of methoxy groups -OCH3 is 1. The fourth-order valence-corrected chi connectivity index (χ4v) is 4.61. The Balaban J connectivity index is 1.79. The van der Waals surface area contributed by atoms with Crippen molar-refractivity contribution >= 4 is 21.6 Å². The molecular formula is C18H19N3O6S. The number of hydrogen-bond acceptors (Lipinski definition) is 6. The summed E-state index contributed by atoms with van der Waals surface area (Å²) in [6.45, 7) is 0.633. The largest absolute Gasteiger partial charge is 0.495 e. The van der Waals surface area contributed by atoms with Crippen LogP contribution < -0.4 is 4.74 Å². The minimum atomic E-state index is -4.01. The van der Waals surface area contributed by atoms with Crippen LogP contribution in [0.25, 0.3) is 0 Å². The summed E-state index contributed by atoms with van der Waals surface area (Å²) < 4.78 is 32.3. The van der Waals surface area contributed by atoms with E-state index in [2.05, 4.69) is 0 Å². The maximum atomic E-state index is 13.0. The molecule has 0 saturated carbocycles. The maximum Gasteiger partial charge on any atom is 0.271 e. The van der Waals surface area contributed by atoms with Gasteiger partial charge in [0.25, 0.3) is 11.6 Å². The highest BCUT2D eigenvalue weighted by Gasteiger charge is 2.33. The van der Waals surface area contributed by atoms with Crippen LogP contribution in [-0.4, -0.2) is 61.7 Å². The van der Waals surface area contributed by atoms with E-state index in [0.717, 1.165) is 6.07 Å². The zero-order valence-corrected chi connectivity index (χ0v) is 16.0. The molecule has 0 aliphatic carbocycles. The third kappa shape index (κ3) is 3.82. The van der Waals surface area contributed by atoms with Crippen molar-refractivity contribution in [1.29, 1.82) is 0 Å². The Morgan fingerprint density at radius 1 is 1.07 bits per heavy atom. The van der Waals surface area contributed by atoms with Gasteiger partial charge in [-0.3, -0.25) is 14.9 Å².